The molecule has 1 amide bonds. The first-order chi connectivity index (χ1) is 8.66. The standard InChI is InChI=1S/C13H23N3O2/c1-13(10-6-4-3-5-7-10)11(17)15-12(16-13)14-8-9-18-2/h10H,3-9H2,1-2H3,(H2,14,15,16,17). The molecule has 0 radical (unpaired) electrons. The van der Waals surface area contributed by atoms with E-state index in [9.17, 15) is 4.79 Å². The van der Waals surface area contributed by atoms with Gasteiger partial charge in [0.2, 0.25) is 0 Å². The Bertz CT molecular complexity index is 337. The summed E-state index contributed by atoms with van der Waals surface area (Å²) in [6, 6.07) is 0. The van der Waals surface area contributed by atoms with Crippen LogP contribution in [-0.2, 0) is 9.53 Å². The van der Waals surface area contributed by atoms with Crippen molar-refractivity contribution in [2.24, 2.45) is 10.9 Å². The lowest BCUT2D eigenvalue weighted by Crippen LogP contribution is -2.51. The normalized spacial score (nSPS) is 31.4. The highest BCUT2D eigenvalue weighted by Crippen LogP contribution is 2.34. The van der Waals surface area contributed by atoms with Crippen LogP contribution in [-0.4, -0.2) is 37.7 Å². The van der Waals surface area contributed by atoms with E-state index in [0.717, 1.165) is 12.8 Å². The molecule has 2 rings (SSSR count). The predicted molar refractivity (Wildman–Crippen MR) is 70.4 cm³/mol. The summed E-state index contributed by atoms with van der Waals surface area (Å²) >= 11 is 0. The second-order valence-corrected chi connectivity index (χ2v) is 5.34. The number of methoxy groups -OCH3 is 1. The van der Waals surface area contributed by atoms with Crippen molar-refractivity contribution in [2.45, 2.75) is 44.6 Å². The van der Waals surface area contributed by atoms with E-state index in [2.05, 4.69) is 15.6 Å². The van der Waals surface area contributed by atoms with Gasteiger partial charge >= 0.3 is 0 Å². The van der Waals surface area contributed by atoms with Gasteiger partial charge in [0, 0.05) is 7.11 Å². The molecule has 5 heteroatoms. The topological polar surface area (TPSA) is 62.7 Å². The van der Waals surface area contributed by atoms with Crippen molar-refractivity contribution in [3.05, 3.63) is 0 Å². The van der Waals surface area contributed by atoms with E-state index in [1.54, 1.807) is 7.11 Å². The fourth-order valence-corrected chi connectivity index (χ4v) is 2.87. The molecule has 2 aliphatic rings. The number of nitrogens with one attached hydrogen (secondary N) is 2. The molecule has 0 spiro atoms. The van der Waals surface area contributed by atoms with Crippen LogP contribution in [0.25, 0.3) is 0 Å². The molecule has 1 heterocycles. The number of nitrogens with zero attached hydrogens (tertiary/aromatic N) is 1. The molecule has 0 aromatic rings. The van der Waals surface area contributed by atoms with Crippen LogP contribution >= 0.6 is 0 Å². The van der Waals surface area contributed by atoms with E-state index < -0.39 is 5.54 Å². The Hall–Kier alpha value is -1.10. The maximum Gasteiger partial charge on any atom is 0.252 e. The molecule has 1 unspecified atom stereocenters. The van der Waals surface area contributed by atoms with Crippen LogP contribution in [0.1, 0.15) is 39.0 Å². The van der Waals surface area contributed by atoms with E-state index in [1.165, 1.54) is 19.3 Å². The summed E-state index contributed by atoms with van der Waals surface area (Å²) < 4.78 is 4.95. The molecule has 102 valence electrons. The van der Waals surface area contributed by atoms with Crippen LogP contribution in [0.3, 0.4) is 0 Å². The zero-order valence-corrected chi connectivity index (χ0v) is 11.3. The monoisotopic (exact) mass is 253 g/mol. The largest absolute Gasteiger partial charge is 0.383 e. The summed E-state index contributed by atoms with van der Waals surface area (Å²) in [5.74, 6) is 1.08. The maximum atomic E-state index is 12.2. The lowest BCUT2D eigenvalue weighted by atomic mass is 9.76. The van der Waals surface area contributed by atoms with Crippen molar-refractivity contribution < 1.29 is 9.53 Å². The van der Waals surface area contributed by atoms with Gasteiger partial charge in [-0.2, -0.15) is 0 Å². The Morgan fingerprint density at radius 2 is 2.11 bits per heavy atom. The zero-order chi connectivity index (χ0) is 13.0. The van der Waals surface area contributed by atoms with Crippen molar-refractivity contribution in [3.63, 3.8) is 0 Å². The average Bonchev–Trinajstić information content (AvgIpc) is 2.68. The van der Waals surface area contributed by atoms with Crippen molar-refractivity contribution in [3.8, 4) is 0 Å². The molecular formula is C13H23N3O2. The number of guanidine groups is 1. The van der Waals surface area contributed by atoms with E-state index in [1.807, 2.05) is 6.92 Å². The molecule has 1 aliphatic heterocycles. The summed E-state index contributed by atoms with van der Waals surface area (Å²) in [6.07, 6.45) is 6.00. The van der Waals surface area contributed by atoms with Crippen molar-refractivity contribution in [2.75, 3.05) is 20.3 Å². The molecule has 1 aliphatic carbocycles. The number of hydrogen-bond donors (Lipinski definition) is 2. The van der Waals surface area contributed by atoms with Gasteiger partial charge in [-0.3, -0.25) is 15.1 Å². The molecule has 1 atom stereocenters. The number of rotatable bonds is 4. The average molecular weight is 253 g/mol. The highest BCUT2D eigenvalue weighted by molar-refractivity contribution is 6.09. The number of hydrogen-bond acceptors (Lipinski definition) is 3. The van der Waals surface area contributed by atoms with Gasteiger partial charge in [0.1, 0.15) is 5.54 Å². The van der Waals surface area contributed by atoms with Gasteiger partial charge < -0.3 is 10.1 Å². The van der Waals surface area contributed by atoms with Crippen molar-refractivity contribution >= 4 is 11.9 Å². The Morgan fingerprint density at radius 3 is 2.78 bits per heavy atom. The fourth-order valence-electron chi connectivity index (χ4n) is 2.87. The summed E-state index contributed by atoms with van der Waals surface area (Å²) in [7, 11) is 1.65. The third kappa shape index (κ3) is 2.66. The summed E-state index contributed by atoms with van der Waals surface area (Å²) in [6.45, 7) is 3.14. The van der Waals surface area contributed by atoms with Crippen LogP contribution in [0.4, 0.5) is 0 Å². The lowest BCUT2D eigenvalue weighted by Gasteiger charge is -2.34. The Balaban J connectivity index is 2.00. The Labute approximate surface area is 108 Å². The van der Waals surface area contributed by atoms with E-state index in [0.29, 0.717) is 25.0 Å². The second-order valence-electron chi connectivity index (χ2n) is 5.34. The van der Waals surface area contributed by atoms with Crippen molar-refractivity contribution in [1.29, 1.82) is 0 Å². The first-order valence-electron chi connectivity index (χ1n) is 6.80. The molecule has 1 saturated heterocycles. The Morgan fingerprint density at radius 1 is 1.39 bits per heavy atom. The summed E-state index contributed by atoms with van der Waals surface area (Å²) in [4.78, 5) is 16.5. The summed E-state index contributed by atoms with van der Waals surface area (Å²) in [5, 5.41) is 6.12. The lowest BCUT2D eigenvalue weighted by molar-refractivity contribution is -0.125. The third-order valence-corrected chi connectivity index (χ3v) is 4.07. The minimum Gasteiger partial charge on any atom is -0.383 e. The van der Waals surface area contributed by atoms with Gasteiger partial charge in [0.15, 0.2) is 5.96 Å². The molecule has 18 heavy (non-hydrogen) atoms. The van der Waals surface area contributed by atoms with Gasteiger partial charge in [-0.25, -0.2) is 0 Å². The molecule has 2 N–H and O–H groups in total. The highest BCUT2D eigenvalue weighted by Gasteiger charge is 2.46. The van der Waals surface area contributed by atoms with Gasteiger partial charge in [-0.05, 0) is 25.7 Å². The molecule has 1 saturated carbocycles. The zero-order valence-electron chi connectivity index (χ0n) is 11.3. The van der Waals surface area contributed by atoms with Crippen LogP contribution < -0.4 is 10.6 Å². The van der Waals surface area contributed by atoms with Crippen LogP contribution in [0.2, 0.25) is 0 Å². The van der Waals surface area contributed by atoms with E-state index >= 15 is 0 Å². The predicted octanol–water partition coefficient (Wildman–Crippen LogP) is 1.05. The quantitative estimate of drug-likeness (QED) is 0.736. The molecule has 0 bridgehead atoms. The number of carbonyl (C=O) groups excluding carboxylic acids is 1. The highest BCUT2D eigenvalue weighted by atomic mass is 16.5. The SMILES string of the molecule is COCCN=C1NC(=O)C(C)(C2CCCCC2)N1. The number of ether oxygens (including phenoxy) is 1. The number of carbonyl (C=O) groups is 1. The van der Waals surface area contributed by atoms with Crippen LogP contribution in [0.15, 0.2) is 4.99 Å². The number of aliphatic imine (C=N–C) groups is 1. The van der Waals surface area contributed by atoms with Gasteiger partial charge in [-0.1, -0.05) is 19.3 Å². The van der Waals surface area contributed by atoms with Crippen LogP contribution in [0, 0.1) is 5.92 Å². The van der Waals surface area contributed by atoms with E-state index in [-0.39, 0.29) is 5.91 Å². The fraction of sp³-hybridized carbons (Fsp3) is 0.846. The first-order valence-corrected chi connectivity index (χ1v) is 6.80. The summed E-state index contributed by atoms with van der Waals surface area (Å²) in [5.41, 5.74) is -0.480. The second kappa shape index (κ2) is 5.69. The maximum absolute atomic E-state index is 12.2. The van der Waals surface area contributed by atoms with E-state index in [4.69, 9.17) is 4.74 Å². The third-order valence-electron chi connectivity index (χ3n) is 4.07. The van der Waals surface area contributed by atoms with Gasteiger partial charge in [0.05, 0.1) is 13.2 Å². The first kappa shape index (κ1) is 13.3. The molecule has 5 nitrogen and oxygen atoms in total. The Kier molecular flexibility index (Phi) is 4.22. The molecule has 0 aromatic heterocycles. The number of amides is 1. The minimum atomic E-state index is -0.480. The molecule has 0 aromatic carbocycles. The van der Waals surface area contributed by atoms with Gasteiger partial charge in [0.25, 0.3) is 5.91 Å². The smallest absolute Gasteiger partial charge is 0.252 e. The van der Waals surface area contributed by atoms with Gasteiger partial charge in [-0.15, -0.1) is 0 Å². The molecule has 2 fully saturated rings. The van der Waals surface area contributed by atoms with Crippen molar-refractivity contribution in [1.82, 2.24) is 10.6 Å². The minimum absolute atomic E-state index is 0.0607. The molecular weight excluding hydrogens is 230 g/mol. The van der Waals surface area contributed by atoms with Crippen LogP contribution in [0.5, 0.6) is 0 Å².